The Hall–Kier alpha value is -3.15. The average Bonchev–Trinajstić information content (AvgIpc) is 3.23. The maximum atomic E-state index is 12.5. The molecule has 1 aromatic heterocycles. The minimum absolute atomic E-state index is 0.218. The van der Waals surface area contributed by atoms with E-state index in [4.69, 9.17) is 16.3 Å². The number of aromatic nitrogens is 1. The van der Waals surface area contributed by atoms with E-state index in [1.807, 2.05) is 79.7 Å². The predicted octanol–water partition coefficient (Wildman–Crippen LogP) is 6.60. The van der Waals surface area contributed by atoms with Crippen molar-refractivity contribution in [3.63, 3.8) is 0 Å². The lowest BCUT2D eigenvalue weighted by Crippen LogP contribution is -2.12. The number of nitrogens with one attached hydrogen (secondary N) is 1. The summed E-state index contributed by atoms with van der Waals surface area (Å²) < 4.78 is 5.82. The van der Waals surface area contributed by atoms with Gasteiger partial charge >= 0.3 is 0 Å². The maximum absolute atomic E-state index is 12.5. The first-order chi connectivity index (χ1) is 14.6. The number of thiazole rings is 1. The van der Waals surface area contributed by atoms with Crippen LogP contribution in [0.2, 0.25) is 5.02 Å². The second-order valence-corrected chi connectivity index (χ2v) is 8.10. The molecule has 4 nitrogen and oxygen atoms in total. The standard InChI is InChI=1S/C24H19ClN2O2S/c1-16-4-2-7-20(12-16)26-23(28)22-15-30-24(27-22)18-8-10-21(11-9-18)29-14-17-5-3-6-19(25)13-17/h2-13,15H,14H2,1H3,(H,26,28). The molecular weight excluding hydrogens is 416 g/mol. The zero-order valence-corrected chi connectivity index (χ0v) is 17.8. The van der Waals surface area contributed by atoms with Crippen molar-refractivity contribution >= 4 is 34.5 Å². The van der Waals surface area contributed by atoms with E-state index in [0.717, 1.165) is 33.1 Å². The Kier molecular flexibility index (Phi) is 6.12. The van der Waals surface area contributed by atoms with Crippen LogP contribution >= 0.6 is 22.9 Å². The van der Waals surface area contributed by atoms with Gasteiger partial charge in [0.2, 0.25) is 0 Å². The Bertz CT molecular complexity index is 1170. The van der Waals surface area contributed by atoms with E-state index in [-0.39, 0.29) is 5.91 Å². The lowest BCUT2D eigenvalue weighted by molar-refractivity contribution is 0.102. The van der Waals surface area contributed by atoms with Crippen LogP contribution in [0.4, 0.5) is 5.69 Å². The highest BCUT2D eigenvalue weighted by Crippen LogP contribution is 2.26. The van der Waals surface area contributed by atoms with Crippen molar-refractivity contribution in [3.05, 3.63) is 100 Å². The van der Waals surface area contributed by atoms with Gasteiger partial charge in [0, 0.05) is 21.7 Å². The van der Waals surface area contributed by atoms with Gasteiger partial charge in [-0.05, 0) is 66.6 Å². The highest BCUT2D eigenvalue weighted by Gasteiger charge is 2.12. The van der Waals surface area contributed by atoms with Gasteiger partial charge < -0.3 is 10.1 Å². The Morgan fingerprint density at radius 3 is 2.63 bits per heavy atom. The fraction of sp³-hybridized carbons (Fsp3) is 0.0833. The third-order valence-corrected chi connectivity index (χ3v) is 5.54. The molecule has 0 aliphatic rings. The monoisotopic (exact) mass is 434 g/mol. The molecule has 0 saturated heterocycles. The molecule has 4 rings (SSSR count). The van der Waals surface area contributed by atoms with Crippen LogP contribution in [0.3, 0.4) is 0 Å². The van der Waals surface area contributed by atoms with Gasteiger partial charge in [-0.3, -0.25) is 4.79 Å². The number of aryl methyl sites for hydroxylation is 1. The quantitative estimate of drug-likeness (QED) is 0.371. The van der Waals surface area contributed by atoms with Crippen molar-refractivity contribution in [2.24, 2.45) is 0 Å². The molecule has 1 amide bonds. The molecule has 3 aromatic carbocycles. The van der Waals surface area contributed by atoms with E-state index < -0.39 is 0 Å². The molecule has 0 aliphatic heterocycles. The number of hydrogen-bond acceptors (Lipinski definition) is 4. The van der Waals surface area contributed by atoms with Gasteiger partial charge in [0.1, 0.15) is 23.1 Å². The first kappa shape index (κ1) is 20.1. The molecule has 6 heteroatoms. The maximum Gasteiger partial charge on any atom is 0.275 e. The van der Waals surface area contributed by atoms with E-state index in [0.29, 0.717) is 17.3 Å². The third-order valence-electron chi connectivity index (χ3n) is 4.41. The number of amides is 1. The molecule has 0 saturated carbocycles. The van der Waals surface area contributed by atoms with Crippen LogP contribution in [0, 0.1) is 6.92 Å². The Balaban J connectivity index is 1.40. The van der Waals surface area contributed by atoms with Gasteiger partial charge in [-0.15, -0.1) is 11.3 Å². The number of hydrogen-bond donors (Lipinski definition) is 1. The fourth-order valence-electron chi connectivity index (χ4n) is 2.92. The molecule has 0 bridgehead atoms. The molecule has 0 fully saturated rings. The summed E-state index contributed by atoms with van der Waals surface area (Å²) in [7, 11) is 0. The second kappa shape index (κ2) is 9.11. The first-order valence-corrected chi connectivity index (χ1v) is 10.6. The largest absolute Gasteiger partial charge is 0.489 e. The minimum atomic E-state index is -0.218. The van der Waals surface area contributed by atoms with Crippen LogP contribution in [-0.4, -0.2) is 10.9 Å². The summed E-state index contributed by atoms with van der Waals surface area (Å²) in [6, 6.07) is 22.9. The molecule has 4 aromatic rings. The van der Waals surface area contributed by atoms with Gasteiger partial charge in [-0.25, -0.2) is 4.98 Å². The van der Waals surface area contributed by atoms with Crippen LogP contribution < -0.4 is 10.1 Å². The number of ether oxygens (including phenoxy) is 1. The topological polar surface area (TPSA) is 51.2 Å². The van der Waals surface area contributed by atoms with Crippen molar-refractivity contribution in [3.8, 4) is 16.3 Å². The smallest absolute Gasteiger partial charge is 0.275 e. The molecule has 0 radical (unpaired) electrons. The van der Waals surface area contributed by atoms with Gasteiger partial charge in [-0.1, -0.05) is 35.9 Å². The lowest BCUT2D eigenvalue weighted by Gasteiger charge is -2.07. The highest BCUT2D eigenvalue weighted by atomic mass is 35.5. The Labute approximate surface area is 184 Å². The SMILES string of the molecule is Cc1cccc(NC(=O)c2csc(-c3ccc(OCc4cccc(Cl)c4)cc3)n2)c1. The van der Waals surface area contributed by atoms with E-state index >= 15 is 0 Å². The third kappa shape index (κ3) is 5.06. The summed E-state index contributed by atoms with van der Waals surface area (Å²) in [6.07, 6.45) is 0. The van der Waals surface area contributed by atoms with E-state index in [1.54, 1.807) is 5.38 Å². The van der Waals surface area contributed by atoms with E-state index in [9.17, 15) is 4.79 Å². The minimum Gasteiger partial charge on any atom is -0.489 e. The van der Waals surface area contributed by atoms with Crippen LogP contribution in [-0.2, 0) is 6.61 Å². The number of carbonyl (C=O) groups is 1. The molecule has 0 spiro atoms. The molecule has 0 unspecified atom stereocenters. The molecule has 1 N–H and O–H groups in total. The first-order valence-electron chi connectivity index (χ1n) is 9.38. The molecular formula is C24H19ClN2O2S. The summed E-state index contributed by atoms with van der Waals surface area (Å²) >= 11 is 7.44. The van der Waals surface area contributed by atoms with Crippen molar-refractivity contribution in [2.45, 2.75) is 13.5 Å². The van der Waals surface area contributed by atoms with Crippen LogP contribution in [0.5, 0.6) is 5.75 Å². The predicted molar refractivity (Wildman–Crippen MR) is 122 cm³/mol. The van der Waals surface area contributed by atoms with Crippen LogP contribution in [0.25, 0.3) is 10.6 Å². The number of nitrogens with zero attached hydrogens (tertiary/aromatic N) is 1. The Morgan fingerprint density at radius 2 is 1.87 bits per heavy atom. The van der Waals surface area contributed by atoms with Gasteiger partial charge in [-0.2, -0.15) is 0 Å². The average molecular weight is 435 g/mol. The van der Waals surface area contributed by atoms with E-state index in [1.165, 1.54) is 11.3 Å². The molecule has 0 aliphatic carbocycles. The van der Waals surface area contributed by atoms with Crippen molar-refractivity contribution in [1.82, 2.24) is 4.98 Å². The van der Waals surface area contributed by atoms with Crippen LogP contribution in [0.15, 0.2) is 78.2 Å². The van der Waals surface area contributed by atoms with Gasteiger partial charge in [0.25, 0.3) is 5.91 Å². The molecule has 1 heterocycles. The number of halogens is 1. The van der Waals surface area contributed by atoms with E-state index in [2.05, 4.69) is 10.3 Å². The van der Waals surface area contributed by atoms with Gasteiger partial charge in [0.15, 0.2) is 0 Å². The normalized spacial score (nSPS) is 10.6. The number of benzene rings is 3. The number of anilines is 1. The lowest BCUT2D eigenvalue weighted by atomic mass is 10.2. The summed E-state index contributed by atoms with van der Waals surface area (Å²) in [5.74, 6) is 0.539. The summed E-state index contributed by atoms with van der Waals surface area (Å²) in [4.78, 5) is 17.0. The van der Waals surface area contributed by atoms with Crippen molar-refractivity contribution in [1.29, 1.82) is 0 Å². The zero-order chi connectivity index (χ0) is 20.9. The fourth-order valence-corrected chi connectivity index (χ4v) is 3.93. The molecule has 30 heavy (non-hydrogen) atoms. The zero-order valence-electron chi connectivity index (χ0n) is 16.3. The summed E-state index contributed by atoms with van der Waals surface area (Å²) in [5, 5.41) is 6.13. The second-order valence-electron chi connectivity index (χ2n) is 6.80. The Morgan fingerprint density at radius 1 is 1.07 bits per heavy atom. The number of carbonyl (C=O) groups excluding carboxylic acids is 1. The molecule has 0 atom stereocenters. The number of rotatable bonds is 6. The molecule has 150 valence electrons. The van der Waals surface area contributed by atoms with Crippen LogP contribution in [0.1, 0.15) is 21.6 Å². The summed E-state index contributed by atoms with van der Waals surface area (Å²) in [5.41, 5.74) is 4.19. The summed E-state index contributed by atoms with van der Waals surface area (Å²) in [6.45, 7) is 2.43. The highest BCUT2D eigenvalue weighted by molar-refractivity contribution is 7.13. The van der Waals surface area contributed by atoms with Crippen molar-refractivity contribution < 1.29 is 9.53 Å². The van der Waals surface area contributed by atoms with Gasteiger partial charge in [0.05, 0.1) is 0 Å². The van der Waals surface area contributed by atoms with Crippen molar-refractivity contribution in [2.75, 3.05) is 5.32 Å².